The van der Waals surface area contributed by atoms with Crippen molar-refractivity contribution in [3.05, 3.63) is 119 Å². The van der Waals surface area contributed by atoms with Crippen LogP contribution in [0.1, 0.15) is 74.1 Å². The van der Waals surface area contributed by atoms with Crippen molar-refractivity contribution in [2.45, 2.75) is 58.8 Å². The minimum atomic E-state index is 0.398. The summed E-state index contributed by atoms with van der Waals surface area (Å²) in [6.07, 6.45) is 3.52. The predicted molar refractivity (Wildman–Crippen MR) is 144 cm³/mol. The third kappa shape index (κ3) is 5.11. The Kier molecular flexibility index (Phi) is 7.45. The van der Waals surface area contributed by atoms with E-state index >= 15 is 0 Å². The smallest absolute Gasteiger partial charge is 0.00869 e. The first-order valence-corrected chi connectivity index (χ1v) is 12.5. The highest BCUT2D eigenvalue weighted by Crippen LogP contribution is 2.37. The van der Waals surface area contributed by atoms with Gasteiger partial charge < -0.3 is 0 Å². The van der Waals surface area contributed by atoms with Crippen molar-refractivity contribution < 1.29 is 0 Å². The van der Waals surface area contributed by atoms with Crippen LogP contribution in [0.25, 0.3) is 22.3 Å². The van der Waals surface area contributed by atoms with Crippen LogP contribution in [0.4, 0.5) is 0 Å². The zero-order valence-electron chi connectivity index (χ0n) is 20.5. The van der Waals surface area contributed by atoms with E-state index in [1.807, 2.05) is 0 Å². The summed E-state index contributed by atoms with van der Waals surface area (Å²) in [4.78, 5) is 0. The fourth-order valence-corrected chi connectivity index (χ4v) is 5.11. The van der Waals surface area contributed by atoms with E-state index in [1.54, 1.807) is 0 Å². The number of benzene rings is 4. The molecule has 0 radical (unpaired) electrons. The second-order valence-corrected chi connectivity index (χ2v) is 9.30. The zero-order chi connectivity index (χ0) is 23.2. The summed E-state index contributed by atoms with van der Waals surface area (Å²) < 4.78 is 0. The standard InChI is InChI=1S/C33H36/c1-5-12-24(3)31-15-10-11-16-32(31)33-23-29(18-17-25(33)4)30(6-2)28-21-19-27(20-22-28)26-13-8-7-9-14-26/h7-11,13-24,30H,5-6,12H2,1-4H3. The van der Waals surface area contributed by atoms with E-state index in [1.165, 1.54) is 57.3 Å². The first-order chi connectivity index (χ1) is 16.1. The van der Waals surface area contributed by atoms with E-state index in [0.29, 0.717) is 11.8 Å². The quantitative estimate of drug-likeness (QED) is 0.260. The SMILES string of the molecule is CCCC(C)c1ccccc1-c1cc(C(CC)c2ccc(-c3ccccc3)cc2)ccc1C. The molecule has 0 heterocycles. The topological polar surface area (TPSA) is 0 Å². The first-order valence-electron chi connectivity index (χ1n) is 12.5. The van der Waals surface area contributed by atoms with Crippen LogP contribution in [-0.2, 0) is 0 Å². The van der Waals surface area contributed by atoms with Crippen molar-refractivity contribution in [3.8, 4) is 22.3 Å². The average molecular weight is 433 g/mol. The van der Waals surface area contributed by atoms with Crippen molar-refractivity contribution in [2.24, 2.45) is 0 Å². The molecule has 0 aliphatic carbocycles. The maximum Gasteiger partial charge on any atom is 0.00869 e. The molecule has 33 heavy (non-hydrogen) atoms. The largest absolute Gasteiger partial charge is 0.0654 e. The van der Waals surface area contributed by atoms with E-state index in [9.17, 15) is 0 Å². The van der Waals surface area contributed by atoms with Gasteiger partial charge in [0.1, 0.15) is 0 Å². The lowest BCUT2D eigenvalue weighted by Gasteiger charge is -2.21. The van der Waals surface area contributed by atoms with Gasteiger partial charge >= 0.3 is 0 Å². The van der Waals surface area contributed by atoms with Gasteiger partial charge in [-0.25, -0.2) is 0 Å². The molecule has 4 aromatic carbocycles. The molecule has 0 fully saturated rings. The Morgan fingerprint density at radius 3 is 1.97 bits per heavy atom. The Hall–Kier alpha value is -3.12. The maximum atomic E-state index is 2.45. The van der Waals surface area contributed by atoms with Crippen LogP contribution in [0.2, 0.25) is 0 Å². The van der Waals surface area contributed by atoms with Gasteiger partial charge in [0.2, 0.25) is 0 Å². The van der Waals surface area contributed by atoms with Crippen molar-refractivity contribution in [1.29, 1.82) is 0 Å². The second kappa shape index (κ2) is 10.7. The minimum absolute atomic E-state index is 0.398. The summed E-state index contributed by atoms with van der Waals surface area (Å²) >= 11 is 0. The lowest BCUT2D eigenvalue weighted by atomic mass is 9.83. The normalized spacial score (nSPS) is 13.0. The summed E-state index contributed by atoms with van der Waals surface area (Å²) in [6.45, 7) is 9.19. The van der Waals surface area contributed by atoms with E-state index < -0.39 is 0 Å². The molecule has 168 valence electrons. The molecule has 2 atom stereocenters. The van der Waals surface area contributed by atoms with E-state index in [4.69, 9.17) is 0 Å². The summed E-state index contributed by atoms with van der Waals surface area (Å²) in [5, 5.41) is 0. The van der Waals surface area contributed by atoms with Gasteiger partial charge in [-0.3, -0.25) is 0 Å². The fraction of sp³-hybridized carbons (Fsp3) is 0.273. The molecular weight excluding hydrogens is 396 g/mol. The molecule has 0 saturated carbocycles. The zero-order valence-corrected chi connectivity index (χ0v) is 20.5. The van der Waals surface area contributed by atoms with Crippen molar-refractivity contribution in [3.63, 3.8) is 0 Å². The maximum absolute atomic E-state index is 2.45. The summed E-state index contributed by atoms with van der Waals surface area (Å²) in [6, 6.07) is 35.9. The number of aryl methyl sites for hydroxylation is 1. The Bertz CT molecular complexity index is 1170. The van der Waals surface area contributed by atoms with Gasteiger partial charge in [0.25, 0.3) is 0 Å². The Morgan fingerprint density at radius 1 is 0.636 bits per heavy atom. The molecule has 4 rings (SSSR count). The fourth-order valence-electron chi connectivity index (χ4n) is 5.11. The Balaban J connectivity index is 1.70. The number of rotatable bonds is 8. The number of hydrogen-bond donors (Lipinski definition) is 0. The molecule has 0 spiro atoms. The van der Waals surface area contributed by atoms with Crippen LogP contribution >= 0.6 is 0 Å². The van der Waals surface area contributed by atoms with Crippen molar-refractivity contribution >= 4 is 0 Å². The molecule has 0 aliphatic heterocycles. The summed E-state index contributed by atoms with van der Waals surface area (Å²) in [5.74, 6) is 0.969. The summed E-state index contributed by atoms with van der Waals surface area (Å²) in [7, 11) is 0. The lowest BCUT2D eigenvalue weighted by molar-refractivity contribution is 0.666. The molecule has 0 amide bonds. The molecule has 2 unspecified atom stereocenters. The van der Waals surface area contributed by atoms with Crippen LogP contribution in [0.3, 0.4) is 0 Å². The van der Waals surface area contributed by atoms with Gasteiger partial charge in [-0.1, -0.05) is 124 Å². The summed E-state index contributed by atoms with van der Waals surface area (Å²) in [5.41, 5.74) is 10.9. The minimum Gasteiger partial charge on any atom is -0.0654 e. The molecule has 0 saturated heterocycles. The van der Waals surface area contributed by atoms with Gasteiger partial charge in [-0.2, -0.15) is 0 Å². The predicted octanol–water partition coefficient (Wildman–Crippen LogP) is 9.77. The number of hydrogen-bond acceptors (Lipinski definition) is 0. The molecule has 0 N–H and O–H groups in total. The van der Waals surface area contributed by atoms with Gasteiger partial charge in [0.15, 0.2) is 0 Å². The molecule has 0 bridgehead atoms. The van der Waals surface area contributed by atoms with Crippen LogP contribution in [0, 0.1) is 6.92 Å². The molecule has 0 aromatic heterocycles. The second-order valence-electron chi connectivity index (χ2n) is 9.30. The van der Waals surface area contributed by atoms with E-state index in [-0.39, 0.29) is 0 Å². The Labute approximate surface area is 200 Å². The van der Waals surface area contributed by atoms with E-state index in [0.717, 1.165) is 6.42 Å². The monoisotopic (exact) mass is 432 g/mol. The van der Waals surface area contributed by atoms with Crippen molar-refractivity contribution in [2.75, 3.05) is 0 Å². The van der Waals surface area contributed by atoms with Gasteiger partial charge in [0, 0.05) is 5.92 Å². The first kappa shape index (κ1) is 23.1. The third-order valence-corrected chi connectivity index (χ3v) is 7.00. The van der Waals surface area contributed by atoms with Crippen LogP contribution < -0.4 is 0 Å². The third-order valence-electron chi connectivity index (χ3n) is 7.00. The molecule has 0 heteroatoms. The molecule has 0 nitrogen and oxygen atoms in total. The van der Waals surface area contributed by atoms with Crippen LogP contribution in [0.15, 0.2) is 97.1 Å². The Morgan fingerprint density at radius 2 is 1.27 bits per heavy atom. The average Bonchev–Trinajstić information content (AvgIpc) is 2.86. The highest BCUT2D eigenvalue weighted by molar-refractivity contribution is 5.72. The van der Waals surface area contributed by atoms with Crippen LogP contribution in [0.5, 0.6) is 0 Å². The highest BCUT2D eigenvalue weighted by atomic mass is 14.2. The van der Waals surface area contributed by atoms with Gasteiger partial charge in [0.05, 0.1) is 0 Å². The highest BCUT2D eigenvalue weighted by Gasteiger charge is 2.17. The van der Waals surface area contributed by atoms with Crippen LogP contribution in [-0.4, -0.2) is 0 Å². The molecule has 0 aliphatic rings. The molecular formula is C33H36. The van der Waals surface area contributed by atoms with Gasteiger partial charge in [-0.05, 0) is 70.2 Å². The van der Waals surface area contributed by atoms with Gasteiger partial charge in [-0.15, -0.1) is 0 Å². The lowest BCUT2D eigenvalue weighted by Crippen LogP contribution is -2.02. The van der Waals surface area contributed by atoms with Crippen molar-refractivity contribution in [1.82, 2.24) is 0 Å². The van der Waals surface area contributed by atoms with E-state index in [2.05, 4.69) is 125 Å². The molecule has 4 aromatic rings.